The van der Waals surface area contributed by atoms with E-state index >= 15 is 0 Å². The summed E-state index contributed by atoms with van der Waals surface area (Å²) in [5, 5.41) is 5.68. The normalized spacial score (nSPS) is 7.00. The molecule has 5 heteroatoms. The van der Waals surface area contributed by atoms with Crippen molar-refractivity contribution in [3.05, 3.63) is 0 Å². The summed E-state index contributed by atoms with van der Waals surface area (Å²) < 4.78 is 0. The summed E-state index contributed by atoms with van der Waals surface area (Å²) in [7, 11) is 7.18. The Bertz CT molecular complexity index is 53.3. The molecule has 0 unspecified atom stereocenters. The molecule has 0 fully saturated rings. The summed E-state index contributed by atoms with van der Waals surface area (Å²) in [6.45, 7) is 8.99. The van der Waals surface area contributed by atoms with Gasteiger partial charge in [0.05, 0.1) is 0 Å². The highest BCUT2D eigenvalue weighted by atomic mass is 14.8. The van der Waals surface area contributed by atoms with Crippen LogP contribution in [-0.4, -0.2) is 47.8 Å². The Hall–Kier alpha value is -0.200. The third kappa shape index (κ3) is 240. The van der Waals surface area contributed by atoms with Crippen molar-refractivity contribution in [2.45, 2.75) is 40.0 Å². The number of unbranched alkanes of at least 4 members (excludes halogenated alkanes) is 1. The van der Waals surface area contributed by atoms with Crippen molar-refractivity contribution in [2.24, 2.45) is 17.2 Å². The fourth-order valence-corrected chi connectivity index (χ4v) is 0.204. The second kappa shape index (κ2) is 68.9. The van der Waals surface area contributed by atoms with Crippen LogP contribution in [0.5, 0.6) is 0 Å². The first-order valence-corrected chi connectivity index (χ1v) is 6.87. The van der Waals surface area contributed by atoms with Gasteiger partial charge >= 0.3 is 0 Å². The fraction of sp³-hybridized carbons (Fsp3) is 1.00. The summed E-state index contributed by atoms with van der Waals surface area (Å²) in [6.07, 6.45) is 3.48. The van der Waals surface area contributed by atoms with Gasteiger partial charge in [-0.15, -0.1) is 0 Å². The van der Waals surface area contributed by atoms with Crippen molar-refractivity contribution < 1.29 is 0 Å². The number of rotatable bonds is 4. The number of nitrogens with two attached hydrogens (primary N) is 3. The number of nitrogens with one attached hydrogen (secondary N) is 2. The minimum Gasteiger partial charge on any atom is -0.333 e. The van der Waals surface area contributed by atoms with E-state index in [1.165, 1.54) is 19.9 Å². The van der Waals surface area contributed by atoms with Gasteiger partial charge in [-0.05, 0) is 60.7 Å². The van der Waals surface area contributed by atoms with Crippen LogP contribution in [0.4, 0.5) is 0 Å². The Kier molecular flexibility index (Phi) is 117. The molecule has 0 aromatic heterocycles. The zero-order valence-electron chi connectivity index (χ0n) is 14.0. The van der Waals surface area contributed by atoms with E-state index < -0.39 is 0 Å². The largest absolute Gasteiger partial charge is 0.333 e. The molecule has 0 atom stereocenters. The second-order valence-electron chi connectivity index (χ2n) is 3.14. The Morgan fingerprint density at radius 3 is 1.06 bits per heavy atom. The summed E-state index contributed by atoms with van der Waals surface area (Å²) in [4.78, 5) is 0. The molecule has 118 valence electrons. The van der Waals surface area contributed by atoms with E-state index in [-0.39, 0.29) is 0 Å². The van der Waals surface area contributed by atoms with Crippen LogP contribution < -0.4 is 27.8 Å². The van der Waals surface area contributed by atoms with Crippen molar-refractivity contribution in [3.63, 3.8) is 0 Å². The van der Waals surface area contributed by atoms with Gasteiger partial charge in [-0.25, -0.2) is 0 Å². The Labute approximate surface area is 116 Å². The third-order valence-corrected chi connectivity index (χ3v) is 1.20. The van der Waals surface area contributed by atoms with Crippen LogP contribution in [0.25, 0.3) is 0 Å². The van der Waals surface area contributed by atoms with Crippen LogP contribution >= 0.6 is 0 Å². The van der Waals surface area contributed by atoms with Gasteiger partial charge in [-0.2, -0.15) is 0 Å². The molecular weight excluding hydrogens is 226 g/mol. The SMILES string of the molecule is CCCCN.CCCN.CCNC.CN.CNC. The quantitative estimate of drug-likeness (QED) is 0.517. The zero-order chi connectivity index (χ0) is 15.7. The molecule has 0 radical (unpaired) electrons. The van der Waals surface area contributed by atoms with Crippen molar-refractivity contribution in [2.75, 3.05) is 47.8 Å². The smallest absolute Gasteiger partial charge is 0.00774 e. The van der Waals surface area contributed by atoms with Crippen molar-refractivity contribution >= 4 is 0 Å². The molecular formula is C13H41N5. The topological polar surface area (TPSA) is 102 Å². The van der Waals surface area contributed by atoms with Crippen LogP contribution in [0.3, 0.4) is 0 Å². The highest BCUT2D eigenvalue weighted by Gasteiger charge is 1.68. The van der Waals surface area contributed by atoms with Crippen LogP contribution in [0.15, 0.2) is 0 Å². The van der Waals surface area contributed by atoms with Gasteiger partial charge < -0.3 is 27.8 Å². The highest BCUT2D eigenvalue weighted by Crippen LogP contribution is 1.77. The Balaban J connectivity index is -0.0000000404. The lowest BCUT2D eigenvalue weighted by Gasteiger charge is -1.80. The monoisotopic (exact) mass is 267 g/mol. The highest BCUT2D eigenvalue weighted by molar-refractivity contribution is 4.29. The van der Waals surface area contributed by atoms with Gasteiger partial charge in [-0.3, -0.25) is 0 Å². The standard InChI is InChI=1S/C4H11N.2C3H9N.C2H7N.CH5N/c1-2-3-4-5;1-3-4-2;1-2-3-4;1-3-2;1-2/h2-5H2,1H3;4H,3H2,1-2H3;2-4H2,1H3;3H,1-2H3;2H2,1H3. The molecule has 0 aliphatic rings. The summed E-state index contributed by atoms with van der Waals surface area (Å²) in [5.74, 6) is 0. The minimum atomic E-state index is 0.819. The molecule has 0 bridgehead atoms. The van der Waals surface area contributed by atoms with E-state index in [1.807, 2.05) is 21.1 Å². The maximum atomic E-state index is 5.14. The van der Waals surface area contributed by atoms with E-state index in [0.717, 1.165) is 26.1 Å². The minimum absolute atomic E-state index is 0.819. The summed E-state index contributed by atoms with van der Waals surface area (Å²) >= 11 is 0. The molecule has 0 saturated carbocycles. The van der Waals surface area contributed by atoms with Crippen molar-refractivity contribution in [1.82, 2.24) is 10.6 Å². The summed E-state index contributed by atoms with van der Waals surface area (Å²) in [6, 6.07) is 0. The van der Waals surface area contributed by atoms with Crippen LogP contribution in [0.2, 0.25) is 0 Å². The molecule has 0 aromatic carbocycles. The molecule has 0 amide bonds. The number of hydrogen-bond donors (Lipinski definition) is 5. The summed E-state index contributed by atoms with van der Waals surface area (Å²) in [5.41, 5.74) is 14.7. The van der Waals surface area contributed by atoms with E-state index in [1.54, 1.807) is 0 Å². The van der Waals surface area contributed by atoms with Crippen molar-refractivity contribution in [1.29, 1.82) is 0 Å². The molecule has 0 saturated heterocycles. The van der Waals surface area contributed by atoms with Gasteiger partial charge in [0.25, 0.3) is 0 Å². The zero-order valence-corrected chi connectivity index (χ0v) is 14.0. The van der Waals surface area contributed by atoms with Gasteiger partial charge in [0.1, 0.15) is 0 Å². The first-order chi connectivity index (χ1) is 8.66. The molecule has 0 rings (SSSR count). The van der Waals surface area contributed by atoms with Crippen molar-refractivity contribution in [3.8, 4) is 0 Å². The van der Waals surface area contributed by atoms with Crippen LogP contribution in [0, 0.1) is 0 Å². The lowest BCUT2D eigenvalue weighted by Crippen LogP contribution is -2.01. The van der Waals surface area contributed by atoms with E-state index in [0.29, 0.717) is 0 Å². The Morgan fingerprint density at radius 1 is 0.778 bits per heavy atom. The van der Waals surface area contributed by atoms with Crippen LogP contribution in [0.1, 0.15) is 40.0 Å². The fourth-order valence-electron chi connectivity index (χ4n) is 0.204. The maximum Gasteiger partial charge on any atom is -0.00774 e. The maximum absolute atomic E-state index is 5.14. The first-order valence-electron chi connectivity index (χ1n) is 6.87. The first kappa shape index (κ1) is 30.7. The van der Waals surface area contributed by atoms with E-state index in [9.17, 15) is 0 Å². The molecule has 0 aromatic rings. The predicted octanol–water partition coefficient (Wildman–Crippen LogP) is 0.737. The molecule has 0 aliphatic heterocycles. The molecule has 18 heavy (non-hydrogen) atoms. The van der Waals surface area contributed by atoms with Gasteiger partial charge in [0.15, 0.2) is 0 Å². The van der Waals surface area contributed by atoms with Gasteiger partial charge in [0, 0.05) is 0 Å². The van der Waals surface area contributed by atoms with E-state index in [2.05, 4.69) is 37.1 Å². The van der Waals surface area contributed by atoms with Gasteiger partial charge in [0.2, 0.25) is 0 Å². The lowest BCUT2D eigenvalue weighted by molar-refractivity contribution is 0.807. The molecule has 5 nitrogen and oxygen atoms in total. The number of hydrogen-bond acceptors (Lipinski definition) is 5. The average molecular weight is 268 g/mol. The average Bonchev–Trinajstić information content (AvgIpc) is 2.43. The van der Waals surface area contributed by atoms with Crippen LogP contribution in [-0.2, 0) is 0 Å². The third-order valence-electron chi connectivity index (χ3n) is 1.20. The Morgan fingerprint density at radius 2 is 1.06 bits per heavy atom. The lowest BCUT2D eigenvalue weighted by atomic mass is 10.3. The molecule has 8 N–H and O–H groups in total. The van der Waals surface area contributed by atoms with Gasteiger partial charge in [-0.1, -0.05) is 27.2 Å². The second-order valence-corrected chi connectivity index (χ2v) is 3.14. The molecule has 0 heterocycles. The van der Waals surface area contributed by atoms with E-state index in [4.69, 9.17) is 11.5 Å². The molecule has 0 spiro atoms. The molecule has 0 aliphatic carbocycles. The predicted molar refractivity (Wildman–Crippen MR) is 88.0 cm³/mol.